The number of rotatable bonds is 11. The van der Waals surface area contributed by atoms with Gasteiger partial charge >= 0.3 is 0 Å². The molecule has 1 saturated heterocycles. The van der Waals surface area contributed by atoms with E-state index in [4.69, 9.17) is 26.6 Å². The van der Waals surface area contributed by atoms with Gasteiger partial charge in [-0.15, -0.1) is 0 Å². The first kappa shape index (κ1) is 28.9. The van der Waals surface area contributed by atoms with Crippen molar-refractivity contribution in [2.75, 3.05) is 42.9 Å². The maximum atomic E-state index is 13.1. The molecule has 41 heavy (non-hydrogen) atoms. The molecule has 0 radical (unpaired) electrons. The lowest BCUT2D eigenvalue weighted by atomic mass is 9.99. The molecule has 0 saturated carbocycles. The molecule has 1 aliphatic heterocycles. The van der Waals surface area contributed by atoms with Crippen LogP contribution in [-0.4, -0.2) is 63.0 Å². The predicted molar refractivity (Wildman–Crippen MR) is 167 cm³/mol. The van der Waals surface area contributed by atoms with Crippen LogP contribution in [0.1, 0.15) is 61.0 Å². The van der Waals surface area contributed by atoms with Crippen LogP contribution in [0.5, 0.6) is 0 Å². The number of benzene rings is 2. The molecule has 1 fully saturated rings. The second-order valence-electron chi connectivity index (χ2n) is 11.0. The Hall–Kier alpha value is -3.65. The number of unbranched alkanes of at least 4 members (excludes halogenated alkanes) is 1. The summed E-state index contributed by atoms with van der Waals surface area (Å²) in [6.07, 6.45) is 6.62. The molecular weight excluding hydrogens is 534 g/mol. The van der Waals surface area contributed by atoms with E-state index in [2.05, 4.69) is 59.8 Å². The lowest BCUT2D eigenvalue weighted by molar-refractivity contribution is 0.0746. The minimum absolute atomic E-state index is 0.000191. The predicted octanol–water partition coefficient (Wildman–Crippen LogP) is 6.43. The molecule has 5 rings (SSSR count). The molecule has 3 heterocycles. The maximum Gasteiger partial charge on any atom is 0.254 e. The molecule has 2 aromatic heterocycles. The van der Waals surface area contributed by atoms with E-state index < -0.39 is 0 Å². The summed E-state index contributed by atoms with van der Waals surface area (Å²) in [7, 11) is 0. The van der Waals surface area contributed by atoms with Gasteiger partial charge in [-0.2, -0.15) is 9.97 Å². The number of anilines is 2. The zero-order chi connectivity index (χ0) is 28.8. The van der Waals surface area contributed by atoms with Crippen LogP contribution >= 0.6 is 11.6 Å². The molecule has 1 unspecified atom stereocenters. The summed E-state index contributed by atoms with van der Waals surface area (Å²) in [6.45, 7) is 10.6. The number of nitrogens with one attached hydrogen (secondary N) is 1. The molecule has 9 heteroatoms. The van der Waals surface area contributed by atoms with Gasteiger partial charge < -0.3 is 19.7 Å². The van der Waals surface area contributed by atoms with E-state index >= 15 is 0 Å². The van der Waals surface area contributed by atoms with Crippen molar-refractivity contribution in [3.05, 3.63) is 76.6 Å². The summed E-state index contributed by atoms with van der Waals surface area (Å²) in [5.41, 5.74) is 4.66. The van der Waals surface area contributed by atoms with Crippen molar-refractivity contribution in [2.45, 2.75) is 53.0 Å². The number of fused-ring (bicyclic) bond motifs is 1. The molecule has 1 amide bonds. The molecule has 2 aromatic carbocycles. The number of amides is 1. The average molecular weight is 574 g/mol. The average Bonchev–Trinajstić information content (AvgIpc) is 3.39. The number of aryl methyl sites for hydroxylation is 1. The largest absolute Gasteiger partial charge is 0.368 e. The number of halogens is 1. The third-order valence-electron chi connectivity index (χ3n) is 7.91. The minimum atomic E-state index is -0.000191. The van der Waals surface area contributed by atoms with Crippen LogP contribution in [-0.2, 0) is 6.54 Å². The van der Waals surface area contributed by atoms with Gasteiger partial charge in [-0.05, 0) is 43.0 Å². The van der Waals surface area contributed by atoms with Crippen molar-refractivity contribution in [3.8, 4) is 0 Å². The number of piperazine rings is 1. The molecule has 4 aromatic rings. The number of hydrogen-bond acceptors (Lipinski definition) is 6. The van der Waals surface area contributed by atoms with Gasteiger partial charge in [-0.1, -0.05) is 80.6 Å². The summed E-state index contributed by atoms with van der Waals surface area (Å²) in [4.78, 5) is 31.9. The zero-order valence-corrected chi connectivity index (χ0v) is 25.1. The Kier molecular flexibility index (Phi) is 9.39. The number of carbonyl (C=O) groups excluding carboxylic acids is 1. The second-order valence-corrected chi connectivity index (χ2v) is 11.4. The van der Waals surface area contributed by atoms with Crippen molar-refractivity contribution >= 4 is 40.4 Å². The number of imidazole rings is 1. The molecule has 0 aliphatic carbocycles. The van der Waals surface area contributed by atoms with Crippen LogP contribution in [0.15, 0.2) is 54.9 Å². The molecular formula is C32H40ClN7O. The fourth-order valence-corrected chi connectivity index (χ4v) is 5.61. The highest BCUT2D eigenvalue weighted by Crippen LogP contribution is 2.26. The van der Waals surface area contributed by atoms with Gasteiger partial charge in [0.1, 0.15) is 0 Å². The smallest absolute Gasteiger partial charge is 0.254 e. The van der Waals surface area contributed by atoms with Crippen molar-refractivity contribution in [2.24, 2.45) is 5.92 Å². The van der Waals surface area contributed by atoms with E-state index in [-0.39, 0.29) is 5.91 Å². The first-order chi connectivity index (χ1) is 19.9. The Morgan fingerprint density at radius 1 is 1.05 bits per heavy atom. The van der Waals surface area contributed by atoms with E-state index in [0.29, 0.717) is 55.2 Å². The van der Waals surface area contributed by atoms with Gasteiger partial charge in [0.15, 0.2) is 17.0 Å². The van der Waals surface area contributed by atoms with Crippen LogP contribution in [0.25, 0.3) is 11.2 Å². The van der Waals surface area contributed by atoms with Gasteiger partial charge in [0, 0.05) is 43.3 Å². The molecule has 1 N–H and O–H groups in total. The lowest BCUT2D eigenvalue weighted by Gasteiger charge is -2.35. The van der Waals surface area contributed by atoms with Crippen LogP contribution in [0, 0.1) is 12.8 Å². The summed E-state index contributed by atoms with van der Waals surface area (Å²) >= 11 is 6.13. The van der Waals surface area contributed by atoms with Crippen LogP contribution in [0.4, 0.5) is 11.8 Å². The van der Waals surface area contributed by atoms with E-state index in [1.165, 1.54) is 30.4 Å². The van der Waals surface area contributed by atoms with Gasteiger partial charge in [-0.25, -0.2) is 4.98 Å². The first-order valence-electron chi connectivity index (χ1n) is 14.8. The van der Waals surface area contributed by atoms with Crippen LogP contribution < -0.4 is 10.2 Å². The normalized spacial score (nSPS) is 14.4. The highest BCUT2D eigenvalue weighted by molar-refractivity contribution is 6.30. The standard InChI is InChI=1S/C32H40ClN7O/c1-4-6-10-24(5-2)20-34-29-28-30(40(22-35-28)21-25-11-7-9-23(3)18-25)37-32(36-29)39-16-14-38(15-17-39)31(41)26-12-8-13-27(33)19-26/h7-9,11-13,18-19,22,24H,4-6,10,14-17,20-21H2,1-3H3,(H,34,36,37). The van der Waals surface area contributed by atoms with E-state index in [1.54, 1.807) is 12.1 Å². The number of hydrogen-bond donors (Lipinski definition) is 1. The SMILES string of the molecule is CCCCC(CC)CNc1nc(N2CCN(C(=O)c3cccc(Cl)c3)CC2)nc2c1ncn2Cc1cccc(C)c1. The Morgan fingerprint density at radius 3 is 2.59 bits per heavy atom. The van der Waals surface area contributed by atoms with Gasteiger partial charge in [0.05, 0.1) is 12.9 Å². The monoisotopic (exact) mass is 573 g/mol. The van der Waals surface area contributed by atoms with Crippen molar-refractivity contribution in [3.63, 3.8) is 0 Å². The van der Waals surface area contributed by atoms with Crippen LogP contribution in [0.2, 0.25) is 5.02 Å². The lowest BCUT2D eigenvalue weighted by Crippen LogP contribution is -2.49. The third kappa shape index (κ3) is 6.99. The van der Waals surface area contributed by atoms with Crippen LogP contribution in [0.3, 0.4) is 0 Å². The Labute approximate surface area is 247 Å². The fraction of sp³-hybridized carbons (Fsp3) is 0.438. The Balaban J connectivity index is 1.39. The number of nitrogens with zero attached hydrogens (tertiary/aromatic N) is 6. The molecule has 1 atom stereocenters. The molecule has 0 spiro atoms. The quantitative estimate of drug-likeness (QED) is 0.223. The summed E-state index contributed by atoms with van der Waals surface area (Å²) in [5, 5.41) is 4.20. The minimum Gasteiger partial charge on any atom is -0.368 e. The molecule has 216 valence electrons. The molecule has 0 bridgehead atoms. The second kappa shape index (κ2) is 13.3. The maximum absolute atomic E-state index is 13.1. The van der Waals surface area contributed by atoms with E-state index in [0.717, 1.165) is 29.9 Å². The topological polar surface area (TPSA) is 79.2 Å². The fourth-order valence-electron chi connectivity index (χ4n) is 5.42. The summed E-state index contributed by atoms with van der Waals surface area (Å²) in [5.74, 6) is 2.03. The van der Waals surface area contributed by atoms with Crippen molar-refractivity contribution in [1.29, 1.82) is 0 Å². The van der Waals surface area contributed by atoms with E-state index in [9.17, 15) is 4.79 Å². The number of aromatic nitrogens is 4. The van der Waals surface area contributed by atoms with Gasteiger partial charge in [0.2, 0.25) is 5.95 Å². The third-order valence-corrected chi connectivity index (χ3v) is 8.15. The first-order valence-corrected chi connectivity index (χ1v) is 15.1. The summed E-state index contributed by atoms with van der Waals surface area (Å²) < 4.78 is 2.10. The Bertz CT molecular complexity index is 1480. The zero-order valence-electron chi connectivity index (χ0n) is 24.3. The number of carbonyl (C=O) groups is 1. The highest BCUT2D eigenvalue weighted by Gasteiger charge is 2.25. The van der Waals surface area contributed by atoms with Gasteiger partial charge in [0.25, 0.3) is 5.91 Å². The summed E-state index contributed by atoms with van der Waals surface area (Å²) in [6, 6.07) is 15.7. The van der Waals surface area contributed by atoms with E-state index in [1.807, 2.05) is 23.4 Å². The van der Waals surface area contributed by atoms with Crippen molar-refractivity contribution < 1.29 is 4.79 Å². The molecule has 8 nitrogen and oxygen atoms in total. The molecule has 1 aliphatic rings. The highest BCUT2D eigenvalue weighted by atomic mass is 35.5. The van der Waals surface area contributed by atoms with Gasteiger partial charge in [-0.3, -0.25) is 4.79 Å². The Morgan fingerprint density at radius 2 is 1.85 bits per heavy atom. The van der Waals surface area contributed by atoms with Crippen molar-refractivity contribution in [1.82, 2.24) is 24.4 Å².